The van der Waals surface area contributed by atoms with Gasteiger partial charge in [0.1, 0.15) is 5.75 Å². The van der Waals surface area contributed by atoms with E-state index in [0.717, 1.165) is 18.6 Å². The summed E-state index contributed by atoms with van der Waals surface area (Å²) in [7, 11) is 0. The molecule has 0 atom stereocenters. The molecule has 0 bridgehead atoms. The van der Waals surface area contributed by atoms with Crippen LogP contribution < -0.4 is 15.4 Å². The largest absolute Gasteiger partial charge is 0.494 e. The predicted molar refractivity (Wildman–Crippen MR) is 116 cm³/mol. The number of carbonyl (C=O) groups excluding carboxylic acids is 2. The van der Waals surface area contributed by atoms with Crippen LogP contribution in [0.3, 0.4) is 0 Å². The Kier molecular flexibility index (Phi) is 7.00. The molecule has 0 aliphatic heterocycles. The lowest BCUT2D eigenvalue weighted by molar-refractivity contribution is 0.101. The Hall–Kier alpha value is -3.60. The molecule has 29 heavy (non-hydrogen) atoms. The minimum absolute atomic E-state index is 0.235. The van der Waals surface area contributed by atoms with Crippen molar-refractivity contribution < 1.29 is 14.3 Å². The van der Waals surface area contributed by atoms with Crippen LogP contribution in [0.15, 0.2) is 78.9 Å². The van der Waals surface area contributed by atoms with E-state index in [4.69, 9.17) is 4.74 Å². The first-order valence-corrected chi connectivity index (χ1v) is 9.66. The lowest BCUT2D eigenvalue weighted by Crippen LogP contribution is -2.14. The fourth-order valence-electron chi connectivity index (χ4n) is 2.70. The zero-order valence-electron chi connectivity index (χ0n) is 16.4. The van der Waals surface area contributed by atoms with Gasteiger partial charge in [-0.05, 0) is 61.0 Å². The van der Waals surface area contributed by atoms with Crippen molar-refractivity contribution >= 4 is 23.2 Å². The Balaban J connectivity index is 1.62. The number of ether oxygens (including phenoxy) is 1. The van der Waals surface area contributed by atoms with E-state index in [0.29, 0.717) is 29.1 Å². The maximum absolute atomic E-state index is 12.5. The van der Waals surface area contributed by atoms with Crippen LogP contribution in [-0.2, 0) is 0 Å². The Morgan fingerprint density at radius 3 is 2.14 bits per heavy atom. The van der Waals surface area contributed by atoms with Crippen LogP contribution in [-0.4, -0.2) is 18.4 Å². The second-order valence-corrected chi connectivity index (χ2v) is 6.58. The summed E-state index contributed by atoms with van der Waals surface area (Å²) in [5.74, 6) is 0.265. The molecule has 5 nitrogen and oxygen atoms in total. The lowest BCUT2D eigenvalue weighted by Gasteiger charge is -2.09. The first kappa shape index (κ1) is 20.1. The number of hydrogen-bond donors (Lipinski definition) is 2. The maximum Gasteiger partial charge on any atom is 0.255 e. The van der Waals surface area contributed by atoms with E-state index in [1.54, 1.807) is 48.5 Å². The van der Waals surface area contributed by atoms with Crippen molar-refractivity contribution in [3.8, 4) is 5.75 Å². The molecule has 0 spiro atoms. The van der Waals surface area contributed by atoms with E-state index in [-0.39, 0.29) is 11.8 Å². The highest BCUT2D eigenvalue weighted by Crippen LogP contribution is 2.17. The van der Waals surface area contributed by atoms with Gasteiger partial charge in [0.2, 0.25) is 0 Å². The summed E-state index contributed by atoms with van der Waals surface area (Å²) in [6.45, 7) is 2.77. The third kappa shape index (κ3) is 5.94. The van der Waals surface area contributed by atoms with Crippen LogP contribution in [0.25, 0.3) is 0 Å². The molecule has 0 unspecified atom stereocenters. The normalized spacial score (nSPS) is 10.2. The van der Waals surface area contributed by atoms with E-state index in [9.17, 15) is 9.59 Å². The van der Waals surface area contributed by atoms with Crippen molar-refractivity contribution in [2.45, 2.75) is 19.8 Å². The third-order valence-corrected chi connectivity index (χ3v) is 4.30. The van der Waals surface area contributed by atoms with Gasteiger partial charge in [-0.1, -0.05) is 37.6 Å². The average molecular weight is 388 g/mol. The standard InChI is InChI=1S/C24H24N2O3/c1-2-3-16-29-22-14-12-18(13-15-22)23(27)26-21-11-7-8-19(17-21)24(28)25-20-9-5-4-6-10-20/h4-15,17H,2-3,16H2,1H3,(H,25,28)(H,26,27). The van der Waals surface area contributed by atoms with E-state index >= 15 is 0 Å². The fraction of sp³-hybridized carbons (Fsp3) is 0.167. The number of carbonyl (C=O) groups is 2. The van der Waals surface area contributed by atoms with Crippen LogP contribution in [0, 0.1) is 0 Å². The summed E-state index contributed by atoms with van der Waals surface area (Å²) >= 11 is 0. The molecular weight excluding hydrogens is 364 g/mol. The summed E-state index contributed by atoms with van der Waals surface area (Å²) in [6.07, 6.45) is 2.07. The van der Waals surface area contributed by atoms with E-state index < -0.39 is 0 Å². The van der Waals surface area contributed by atoms with Crippen LogP contribution in [0.4, 0.5) is 11.4 Å². The fourth-order valence-corrected chi connectivity index (χ4v) is 2.70. The number of benzene rings is 3. The molecule has 2 N–H and O–H groups in total. The van der Waals surface area contributed by atoms with Crippen LogP contribution >= 0.6 is 0 Å². The molecule has 0 saturated carbocycles. The number of nitrogens with one attached hydrogen (secondary N) is 2. The minimum atomic E-state index is -0.245. The number of rotatable bonds is 8. The average Bonchev–Trinajstić information content (AvgIpc) is 2.75. The molecule has 2 amide bonds. The molecule has 0 saturated heterocycles. The van der Waals surface area contributed by atoms with Crippen molar-refractivity contribution in [3.05, 3.63) is 90.0 Å². The highest BCUT2D eigenvalue weighted by molar-refractivity contribution is 6.07. The van der Waals surface area contributed by atoms with Gasteiger partial charge in [-0.3, -0.25) is 9.59 Å². The van der Waals surface area contributed by atoms with Crippen molar-refractivity contribution in [3.63, 3.8) is 0 Å². The smallest absolute Gasteiger partial charge is 0.255 e. The molecule has 3 aromatic rings. The quantitative estimate of drug-likeness (QED) is 0.510. The van der Waals surface area contributed by atoms with Crippen LogP contribution in [0.5, 0.6) is 5.75 Å². The van der Waals surface area contributed by atoms with Gasteiger partial charge < -0.3 is 15.4 Å². The molecule has 0 radical (unpaired) electrons. The van der Waals surface area contributed by atoms with Crippen LogP contribution in [0.2, 0.25) is 0 Å². The molecule has 3 aromatic carbocycles. The van der Waals surface area contributed by atoms with Crippen LogP contribution in [0.1, 0.15) is 40.5 Å². The Labute approximate surface area is 170 Å². The number of amides is 2. The summed E-state index contributed by atoms with van der Waals surface area (Å²) in [5, 5.41) is 5.66. The van der Waals surface area contributed by atoms with E-state index in [2.05, 4.69) is 17.6 Å². The molecule has 148 valence electrons. The molecule has 0 aliphatic rings. The molecule has 0 aliphatic carbocycles. The van der Waals surface area contributed by atoms with Gasteiger partial charge in [0, 0.05) is 22.5 Å². The van der Waals surface area contributed by atoms with E-state index in [1.165, 1.54) is 0 Å². The Bertz CT molecular complexity index is 953. The van der Waals surface area contributed by atoms with Crippen molar-refractivity contribution in [2.75, 3.05) is 17.2 Å². The number of anilines is 2. The molecule has 0 heterocycles. The third-order valence-electron chi connectivity index (χ3n) is 4.30. The van der Waals surface area contributed by atoms with Crippen molar-refractivity contribution in [1.82, 2.24) is 0 Å². The molecule has 0 fully saturated rings. The second-order valence-electron chi connectivity index (χ2n) is 6.58. The second kappa shape index (κ2) is 10.1. The molecular formula is C24H24N2O3. The van der Waals surface area contributed by atoms with Gasteiger partial charge in [0.05, 0.1) is 6.61 Å². The first-order valence-electron chi connectivity index (χ1n) is 9.66. The van der Waals surface area contributed by atoms with Crippen molar-refractivity contribution in [1.29, 1.82) is 0 Å². The maximum atomic E-state index is 12.5. The van der Waals surface area contributed by atoms with Gasteiger partial charge in [-0.2, -0.15) is 0 Å². The van der Waals surface area contributed by atoms with Gasteiger partial charge in [-0.25, -0.2) is 0 Å². The summed E-state index contributed by atoms with van der Waals surface area (Å²) in [4.78, 5) is 24.9. The summed E-state index contributed by atoms with van der Waals surface area (Å²) < 4.78 is 5.61. The molecule has 0 aromatic heterocycles. The Morgan fingerprint density at radius 2 is 1.41 bits per heavy atom. The zero-order valence-corrected chi connectivity index (χ0v) is 16.4. The molecule has 5 heteroatoms. The summed E-state index contributed by atoms with van der Waals surface area (Å²) in [6, 6.07) is 23.1. The predicted octanol–water partition coefficient (Wildman–Crippen LogP) is 5.37. The summed E-state index contributed by atoms with van der Waals surface area (Å²) in [5.41, 5.74) is 2.26. The van der Waals surface area contributed by atoms with Gasteiger partial charge >= 0.3 is 0 Å². The monoisotopic (exact) mass is 388 g/mol. The van der Waals surface area contributed by atoms with Gasteiger partial charge in [-0.15, -0.1) is 0 Å². The van der Waals surface area contributed by atoms with Gasteiger partial charge in [0.25, 0.3) is 11.8 Å². The molecule has 3 rings (SSSR count). The lowest BCUT2D eigenvalue weighted by atomic mass is 10.1. The highest BCUT2D eigenvalue weighted by Gasteiger charge is 2.10. The topological polar surface area (TPSA) is 67.4 Å². The zero-order chi connectivity index (χ0) is 20.5. The first-order chi connectivity index (χ1) is 14.2. The SMILES string of the molecule is CCCCOc1ccc(C(=O)Nc2cccc(C(=O)Nc3ccccc3)c2)cc1. The highest BCUT2D eigenvalue weighted by atomic mass is 16.5. The Morgan fingerprint density at radius 1 is 0.759 bits per heavy atom. The van der Waals surface area contributed by atoms with Crippen molar-refractivity contribution in [2.24, 2.45) is 0 Å². The van der Waals surface area contributed by atoms with Gasteiger partial charge in [0.15, 0.2) is 0 Å². The number of para-hydroxylation sites is 1. The minimum Gasteiger partial charge on any atom is -0.494 e. The van der Waals surface area contributed by atoms with E-state index in [1.807, 2.05) is 30.3 Å². The number of unbranched alkanes of at least 4 members (excludes halogenated alkanes) is 1. The number of hydrogen-bond acceptors (Lipinski definition) is 3.